The maximum absolute atomic E-state index is 10.1. The summed E-state index contributed by atoms with van der Waals surface area (Å²) in [6.45, 7) is 10.9. The molecule has 0 aromatic carbocycles. The Balaban J connectivity index is 0.000000423. The number of carbonyl (C=O) groups is 1. The maximum atomic E-state index is 10.1. The number of nitrogens with one attached hydrogen (secondary N) is 1. The van der Waals surface area contributed by atoms with Crippen molar-refractivity contribution in [1.29, 1.82) is 0 Å². The van der Waals surface area contributed by atoms with Crippen LogP contribution in [0, 0.1) is 0 Å². The van der Waals surface area contributed by atoms with E-state index in [1.807, 2.05) is 20.8 Å². The molecular weight excluding hydrogens is 290 g/mol. The topological polar surface area (TPSA) is 77.0 Å². The number of carboxylic acid groups (broad SMARTS) is 1. The van der Waals surface area contributed by atoms with Crippen LogP contribution in [0.2, 0.25) is 6.04 Å². The molecule has 7 heteroatoms. The highest BCUT2D eigenvalue weighted by atomic mass is 28.4. The molecule has 0 aliphatic carbocycles. The molecule has 6 nitrogen and oxygen atoms in total. The molecule has 1 saturated heterocycles. The first-order valence-electron chi connectivity index (χ1n) is 7.93. The zero-order valence-corrected chi connectivity index (χ0v) is 14.8. The van der Waals surface area contributed by atoms with Crippen LogP contribution in [0.15, 0.2) is 0 Å². The van der Waals surface area contributed by atoms with Gasteiger partial charge in [-0.1, -0.05) is 13.3 Å². The highest BCUT2D eigenvalue weighted by molar-refractivity contribution is 6.60. The van der Waals surface area contributed by atoms with Crippen molar-refractivity contribution in [2.24, 2.45) is 0 Å². The second-order valence-corrected chi connectivity index (χ2v) is 7.45. The average molecular weight is 321 g/mol. The predicted molar refractivity (Wildman–Crippen MR) is 84.4 cm³/mol. The Morgan fingerprint density at radius 1 is 1.14 bits per heavy atom. The maximum Gasteiger partial charge on any atom is 0.500 e. The largest absolute Gasteiger partial charge is 0.500 e. The Bertz CT molecular complexity index is 243. The molecule has 0 unspecified atom stereocenters. The van der Waals surface area contributed by atoms with Gasteiger partial charge in [0.25, 0.3) is 0 Å². The van der Waals surface area contributed by atoms with Crippen molar-refractivity contribution in [1.82, 2.24) is 5.32 Å². The molecule has 0 bridgehead atoms. The van der Waals surface area contributed by atoms with E-state index in [4.69, 9.17) is 18.4 Å². The summed E-state index contributed by atoms with van der Waals surface area (Å²) in [6, 6.07) is 0.651. The summed E-state index contributed by atoms with van der Waals surface area (Å²) < 4.78 is 16.9. The van der Waals surface area contributed by atoms with Crippen LogP contribution in [0.3, 0.4) is 0 Å². The Kier molecular flexibility index (Phi) is 11.8. The highest BCUT2D eigenvalue weighted by Gasteiger charge is 2.38. The number of hydrogen-bond acceptors (Lipinski definition) is 5. The molecule has 1 rings (SSSR count). The van der Waals surface area contributed by atoms with Crippen molar-refractivity contribution < 1.29 is 23.2 Å². The lowest BCUT2D eigenvalue weighted by atomic mass is 10.2. The lowest BCUT2D eigenvalue weighted by Crippen LogP contribution is -2.45. The number of carboxylic acids is 1. The first-order chi connectivity index (χ1) is 10.0. The quantitative estimate of drug-likeness (QED) is 0.634. The normalized spacial score (nSPS) is 18.2. The van der Waals surface area contributed by atoms with Crippen LogP contribution in [0.25, 0.3) is 0 Å². The number of rotatable bonds is 9. The minimum atomic E-state index is -2.30. The average Bonchev–Trinajstić information content (AvgIpc) is 2.95. The second kappa shape index (κ2) is 12.1. The van der Waals surface area contributed by atoms with Crippen LogP contribution >= 0.6 is 0 Å². The van der Waals surface area contributed by atoms with E-state index in [9.17, 15) is 4.79 Å². The Hall–Kier alpha value is -0.473. The minimum absolute atomic E-state index is 0.269. The molecule has 0 amide bonds. The van der Waals surface area contributed by atoms with Crippen molar-refractivity contribution in [3.05, 3.63) is 0 Å². The van der Waals surface area contributed by atoms with Crippen LogP contribution in [0.5, 0.6) is 0 Å². The summed E-state index contributed by atoms with van der Waals surface area (Å²) in [7, 11) is -2.30. The molecule has 1 aliphatic heterocycles. The van der Waals surface area contributed by atoms with Gasteiger partial charge in [0.05, 0.1) is 0 Å². The first-order valence-corrected chi connectivity index (χ1v) is 9.86. The molecule has 126 valence electrons. The summed E-state index contributed by atoms with van der Waals surface area (Å²) in [4.78, 5) is 10.1. The van der Waals surface area contributed by atoms with Crippen LogP contribution in [0.4, 0.5) is 0 Å². The van der Waals surface area contributed by atoms with E-state index in [0.717, 1.165) is 31.9 Å². The zero-order valence-electron chi connectivity index (χ0n) is 13.8. The summed E-state index contributed by atoms with van der Waals surface area (Å²) in [5, 5.41) is 11.2. The summed E-state index contributed by atoms with van der Waals surface area (Å²) in [5.74, 6) is -0.720. The molecular formula is C14H31NO5Si. The van der Waals surface area contributed by atoms with Crippen molar-refractivity contribution in [3.63, 3.8) is 0 Å². The van der Waals surface area contributed by atoms with Gasteiger partial charge in [0.1, 0.15) is 6.04 Å². The van der Waals surface area contributed by atoms with E-state index >= 15 is 0 Å². The van der Waals surface area contributed by atoms with Gasteiger partial charge in [-0.15, -0.1) is 0 Å². The van der Waals surface area contributed by atoms with Crippen molar-refractivity contribution >= 4 is 14.8 Å². The van der Waals surface area contributed by atoms with Gasteiger partial charge in [0.15, 0.2) is 0 Å². The van der Waals surface area contributed by atoms with E-state index in [-0.39, 0.29) is 6.04 Å². The van der Waals surface area contributed by atoms with Crippen molar-refractivity contribution in [3.8, 4) is 0 Å². The zero-order chi connectivity index (χ0) is 16.1. The molecule has 0 radical (unpaired) electrons. The van der Waals surface area contributed by atoms with E-state index in [1.165, 1.54) is 0 Å². The van der Waals surface area contributed by atoms with Crippen molar-refractivity contribution in [2.75, 3.05) is 26.4 Å². The monoisotopic (exact) mass is 321 g/mol. The fraction of sp³-hybridized carbons (Fsp3) is 0.929. The smallest absolute Gasteiger partial charge is 0.480 e. The molecule has 1 atom stereocenters. The van der Waals surface area contributed by atoms with Gasteiger partial charge in [0, 0.05) is 25.9 Å². The van der Waals surface area contributed by atoms with Crippen LogP contribution < -0.4 is 5.32 Å². The van der Waals surface area contributed by atoms with E-state index < -0.39 is 14.8 Å². The van der Waals surface area contributed by atoms with Crippen molar-refractivity contribution in [2.45, 2.75) is 59.0 Å². The fourth-order valence-electron chi connectivity index (χ4n) is 2.20. The lowest BCUT2D eigenvalue weighted by Gasteiger charge is -2.27. The molecule has 0 aromatic rings. The molecule has 2 N–H and O–H groups in total. The third-order valence-electron chi connectivity index (χ3n) is 3.01. The molecule has 1 heterocycles. The molecule has 21 heavy (non-hydrogen) atoms. The van der Waals surface area contributed by atoms with Gasteiger partial charge in [-0.2, -0.15) is 0 Å². The lowest BCUT2D eigenvalue weighted by molar-refractivity contribution is -0.139. The summed E-state index contributed by atoms with van der Waals surface area (Å²) in [5.41, 5.74) is 0. The molecule has 1 aliphatic rings. The highest BCUT2D eigenvalue weighted by Crippen LogP contribution is 2.17. The molecule has 0 aromatic heterocycles. The Morgan fingerprint density at radius 2 is 1.67 bits per heavy atom. The molecule has 1 fully saturated rings. The van der Waals surface area contributed by atoms with E-state index in [0.29, 0.717) is 19.8 Å². The third kappa shape index (κ3) is 8.52. The van der Waals surface area contributed by atoms with Gasteiger partial charge in [-0.05, 0) is 40.2 Å². The van der Waals surface area contributed by atoms with E-state index in [1.54, 1.807) is 0 Å². The van der Waals surface area contributed by atoms with Gasteiger partial charge >= 0.3 is 14.8 Å². The fourth-order valence-corrected chi connectivity index (χ4v) is 4.82. The number of hydrogen-bond donors (Lipinski definition) is 2. The third-order valence-corrected chi connectivity index (χ3v) is 6.31. The van der Waals surface area contributed by atoms with E-state index in [2.05, 4.69) is 12.2 Å². The van der Waals surface area contributed by atoms with Gasteiger partial charge < -0.3 is 23.7 Å². The predicted octanol–water partition coefficient (Wildman–Crippen LogP) is 2.27. The first kappa shape index (κ1) is 20.5. The SMILES string of the molecule is CCC[Si](OCC)(OCC)OCC.O=C(O)[C@@H]1CCCN1. The minimum Gasteiger partial charge on any atom is -0.480 e. The number of aliphatic carboxylic acids is 1. The van der Waals surface area contributed by atoms with Crippen LogP contribution in [-0.2, 0) is 18.1 Å². The van der Waals surface area contributed by atoms with Crippen LogP contribution in [0.1, 0.15) is 47.0 Å². The standard InChI is InChI=1S/C9H22O3Si.C5H9NO2/c1-5-9-13(10-6-2,11-7-3)12-8-4;7-5(8)4-2-1-3-6-4/h5-9H2,1-4H3;4,6H,1-3H2,(H,7,8)/t;4-/m.0/s1. The van der Waals surface area contributed by atoms with Crippen LogP contribution in [-0.4, -0.2) is 52.3 Å². The summed E-state index contributed by atoms with van der Waals surface area (Å²) >= 11 is 0. The summed E-state index contributed by atoms with van der Waals surface area (Å²) in [6.07, 6.45) is 2.83. The molecule has 0 saturated carbocycles. The van der Waals surface area contributed by atoms with Gasteiger partial charge in [-0.3, -0.25) is 4.79 Å². The Labute approximate surface area is 129 Å². The molecule has 0 spiro atoms. The second-order valence-electron chi connectivity index (χ2n) is 4.72. The van der Waals surface area contributed by atoms with Gasteiger partial charge in [-0.25, -0.2) is 0 Å². The van der Waals surface area contributed by atoms with Gasteiger partial charge in [0.2, 0.25) is 0 Å². The Morgan fingerprint density at radius 3 is 1.90 bits per heavy atom.